The second-order valence-corrected chi connectivity index (χ2v) is 6.76. The van der Waals surface area contributed by atoms with E-state index in [1.807, 2.05) is 12.1 Å². The predicted octanol–water partition coefficient (Wildman–Crippen LogP) is 2.12. The molecule has 3 nitrogen and oxygen atoms in total. The van der Waals surface area contributed by atoms with Crippen LogP contribution in [0.25, 0.3) is 0 Å². The molecule has 0 aromatic heterocycles. The van der Waals surface area contributed by atoms with Crippen LogP contribution in [-0.2, 0) is 0 Å². The fourth-order valence-corrected chi connectivity index (χ4v) is 3.00. The molecule has 0 aliphatic carbocycles. The Balaban J connectivity index is 2.11. The van der Waals surface area contributed by atoms with Crippen LogP contribution in [0, 0.1) is 0 Å². The van der Waals surface area contributed by atoms with Crippen molar-refractivity contribution in [2.24, 2.45) is 0 Å². The van der Waals surface area contributed by atoms with Crippen LogP contribution in [0.2, 0.25) is 0 Å². The lowest BCUT2D eigenvalue weighted by molar-refractivity contribution is -0.858. The summed E-state index contributed by atoms with van der Waals surface area (Å²) in [5.74, 6) is 0. The molecule has 0 saturated carbocycles. The van der Waals surface area contributed by atoms with Gasteiger partial charge in [-0.25, -0.2) is 0 Å². The fourth-order valence-electron chi connectivity index (χ4n) is 2.79. The maximum Gasteiger partial charge on any atom is 0.169 e. The van der Waals surface area contributed by atoms with Crippen molar-refractivity contribution < 1.29 is 4.90 Å². The summed E-state index contributed by atoms with van der Waals surface area (Å²) in [6, 6.07) is 21.2. The molecule has 0 aliphatic rings. The molecule has 0 amide bonds. The van der Waals surface area contributed by atoms with Crippen LogP contribution in [0.4, 0.5) is 0 Å². The zero-order valence-electron chi connectivity index (χ0n) is 14.8. The Kier molecular flexibility index (Phi) is 7.22. The Morgan fingerprint density at radius 3 is 1.96 bits per heavy atom. The summed E-state index contributed by atoms with van der Waals surface area (Å²) in [5, 5.41) is 4.19. The summed E-state index contributed by atoms with van der Waals surface area (Å²) < 4.78 is 0. The van der Waals surface area contributed by atoms with Gasteiger partial charge in [0.25, 0.3) is 0 Å². The molecule has 2 N–H and O–H groups in total. The smallest absolute Gasteiger partial charge is 0.169 e. The van der Waals surface area contributed by atoms with Crippen molar-refractivity contribution >= 4 is 17.3 Å². The van der Waals surface area contributed by atoms with Crippen molar-refractivity contribution in [2.45, 2.75) is 12.5 Å². The van der Waals surface area contributed by atoms with Gasteiger partial charge >= 0.3 is 0 Å². The molecule has 0 unspecified atom stereocenters. The highest BCUT2D eigenvalue weighted by Gasteiger charge is 2.20. The number of thiocarbonyl (C=S) groups is 1. The Labute approximate surface area is 151 Å². The summed E-state index contributed by atoms with van der Waals surface area (Å²) in [7, 11) is 6.41. The fraction of sp³-hybridized carbons (Fsp3) is 0.350. The molecule has 0 atom stereocenters. The summed E-state index contributed by atoms with van der Waals surface area (Å²) in [5.41, 5.74) is 2.49. The summed E-state index contributed by atoms with van der Waals surface area (Å²) in [4.78, 5) is 3.62. The van der Waals surface area contributed by atoms with Crippen molar-refractivity contribution in [1.82, 2.24) is 10.2 Å². The molecule has 0 fully saturated rings. The standard InChI is InChI=1S/C20H27N3S/c1-22(2)16-10-15-21-20(24)23(3)19(17-11-6-4-7-12-17)18-13-8-5-9-14-18/h4-9,11-14,19H,10,15-16H2,1-3H3,(H,21,24)/p+1. The van der Waals surface area contributed by atoms with E-state index in [9.17, 15) is 0 Å². The SMILES string of the molecule is CN(C(=S)NCCC[NH+](C)C)C(c1ccccc1)c1ccccc1. The highest BCUT2D eigenvalue weighted by Crippen LogP contribution is 2.27. The van der Waals surface area contributed by atoms with E-state index in [0.29, 0.717) is 0 Å². The first-order chi connectivity index (χ1) is 11.6. The molecule has 0 saturated heterocycles. The largest absolute Gasteiger partial charge is 0.362 e. The minimum Gasteiger partial charge on any atom is -0.362 e. The average Bonchev–Trinajstić information content (AvgIpc) is 2.60. The van der Waals surface area contributed by atoms with Crippen LogP contribution < -0.4 is 10.2 Å². The van der Waals surface area contributed by atoms with Gasteiger partial charge in [0.05, 0.1) is 26.7 Å². The van der Waals surface area contributed by atoms with E-state index >= 15 is 0 Å². The van der Waals surface area contributed by atoms with Crippen molar-refractivity contribution in [3.8, 4) is 0 Å². The Morgan fingerprint density at radius 2 is 1.50 bits per heavy atom. The van der Waals surface area contributed by atoms with E-state index in [1.165, 1.54) is 16.0 Å². The van der Waals surface area contributed by atoms with Gasteiger partial charge in [-0.1, -0.05) is 60.7 Å². The number of hydrogen-bond donors (Lipinski definition) is 2. The quantitative estimate of drug-likeness (QED) is 0.594. The molecule has 4 heteroatoms. The van der Waals surface area contributed by atoms with Gasteiger partial charge in [0.2, 0.25) is 0 Å². The zero-order valence-corrected chi connectivity index (χ0v) is 15.6. The van der Waals surface area contributed by atoms with Crippen LogP contribution in [0.15, 0.2) is 60.7 Å². The lowest BCUT2D eigenvalue weighted by Crippen LogP contribution is -3.05. The Morgan fingerprint density at radius 1 is 1.00 bits per heavy atom. The number of nitrogens with zero attached hydrogens (tertiary/aromatic N) is 1. The Bertz CT molecular complexity index is 574. The average molecular weight is 343 g/mol. The summed E-state index contributed by atoms with van der Waals surface area (Å²) >= 11 is 5.64. The van der Waals surface area contributed by atoms with Gasteiger partial charge in [0, 0.05) is 20.0 Å². The van der Waals surface area contributed by atoms with Crippen molar-refractivity contribution in [3.05, 3.63) is 71.8 Å². The second kappa shape index (κ2) is 9.40. The number of nitrogens with one attached hydrogen (secondary N) is 2. The molecular weight excluding hydrogens is 314 g/mol. The van der Waals surface area contributed by atoms with E-state index in [-0.39, 0.29) is 6.04 Å². The molecule has 2 aromatic carbocycles. The summed E-state index contributed by atoms with van der Waals surface area (Å²) in [6.45, 7) is 2.05. The monoisotopic (exact) mass is 342 g/mol. The molecule has 2 rings (SSSR count). The molecule has 0 spiro atoms. The lowest BCUT2D eigenvalue weighted by Gasteiger charge is -2.31. The second-order valence-electron chi connectivity index (χ2n) is 6.38. The van der Waals surface area contributed by atoms with Crippen LogP contribution in [0.5, 0.6) is 0 Å². The van der Waals surface area contributed by atoms with Gasteiger partial charge < -0.3 is 15.1 Å². The van der Waals surface area contributed by atoms with Gasteiger partial charge in [-0.2, -0.15) is 0 Å². The minimum absolute atomic E-state index is 0.117. The van der Waals surface area contributed by atoms with Gasteiger partial charge in [0.1, 0.15) is 0 Å². The molecule has 0 bridgehead atoms. The van der Waals surface area contributed by atoms with E-state index in [4.69, 9.17) is 12.2 Å². The predicted molar refractivity (Wildman–Crippen MR) is 105 cm³/mol. The van der Waals surface area contributed by atoms with E-state index < -0.39 is 0 Å². The first-order valence-corrected chi connectivity index (χ1v) is 8.90. The maximum absolute atomic E-state index is 5.64. The van der Waals surface area contributed by atoms with E-state index in [0.717, 1.165) is 24.6 Å². The Hall–Kier alpha value is -1.91. The van der Waals surface area contributed by atoms with Crippen molar-refractivity contribution in [1.29, 1.82) is 0 Å². The van der Waals surface area contributed by atoms with Gasteiger partial charge in [0.15, 0.2) is 5.11 Å². The number of benzene rings is 2. The van der Waals surface area contributed by atoms with E-state index in [2.05, 4.69) is 79.9 Å². The zero-order chi connectivity index (χ0) is 17.4. The van der Waals surface area contributed by atoms with Crippen LogP contribution >= 0.6 is 12.2 Å². The van der Waals surface area contributed by atoms with E-state index in [1.54, 1.807) is 0 Å². The maximum atomic E-state index is 5.64. The highest BCUT2D eigenvalue weighted by atomic mass is 32.1. The molecule has 0 heterocycles. The number of quaternary nitrogens is 1. The number of hydrogen-bond acceptors (Lipinski definition) is 1. The third-order valence-electron chi connectivity index (χ3n) is 4.07. The van der Waals surface area contributed by atoms with Gasteiger partial charge in [-0.3, -0.25) is 0 Å². The molecule has 128 valence electrons. The van der Waals surface area contributed by atoms with Crippen molar-refractivity contribution in [3.63, 3.8) is 0 Å². The van der Waals surface area contributed by atoms with Crippen LogP contribution in [0.1, 0.15) is 23.6 Å². The van der Waals surface area contributed by atoms with Crippen molar-refractivity contribution in [2.75, 3.05) is 34.2 Å². The molecule has 24 heavy (non-hydrogen) atoms. The third-order valence-corrected chi connectivity index (χ3v) is 4.50. The normalized spacial score (nSPS) is 10.9. The molecular formula is C20H28N3S+. The molecule has 2 aromatic rings. The van der Waals surface area contributed by atoms with Crippen LogP contribution in [-0.4, -0.2) is 44.2 Å². The molecule has 0 aliphatic heterocycles. The first kappa shape index (κ1) is 18.4. The third kappa shape index (κ3) is 5.32. The van der Waals surface area contributed by atoms with Gasteiger partial charge in [-0.15, -0.1) is 0 Å². The number of rotatable bonds is 7. The topological polar surface area (TPSA) is 19.7 Å². The van der Waals surface area contributed by atoms with Crippen LogP contribution in [0.3, 0.4) is 0 Å². The molecule has 0 radical (unpaired) electrons. The minimum atomic E-state index is 0.117. The first-order valence-electron chi connectivity index (χ1n) is 8.49. The summed E-state index contributed by atoms with van der Waals surface area (Å²) in [6.07, 6.45) is 1.11. The highest BCUT2D eigenvalue weighted by molar-refractivity contribution is 7.80. The lowest BCUT2D eigenvalue weighted by atomic mass is 9.98. The van der Waals surface area contributed by atoms with Gasteiger partial charge in [-0.05, 0) is 23.3 Å².